The fraction of sp³-hybridized carbons (Fsp3) is 0.583. The molecule has 2 aromatic heterocycles. The number of aryl methyl sites for hydroxylation is 2. The van der Waals surface area contributed by atoms with Gasteiger partial charge in [-0.25, -0.2) is 9.97 Å². The minimum atomic E-state index is -3.75. The lowest BCUT2D eigenvalue weighted by atomic mass is 9.88. The predicted octanol–water partition coefficient (Wildman–Crippen LogP) is 4.78. The molecule has 0 aliphatic heterocycles. The van der Waals surface area contributed by atoms with Crippen LogP contribution in [-0.4, -0.2) is 34.6 Å². The third kappa shape index (κ3) is 4.17. The Morgan fingerprint density at radius 1 is 1.12 bits per heavy atom. The van der Waals surface area contributed by atoms with Crippen LogP contribution in [-0.2, 0) is 29.0 Å². The van der Waals surface area contributed by atoms with E-state index in [0.717, 1.165) is 23.4 Å². The molecule has 2 heterocycles. The summed E-state index contributed by atoms with van der Waals surface area (Å²) < 4.78 is 31.7. The Hall–Kier alpha value is -2.35. The normalized spacial score (nSPS) is 16.1. The average Bonchev–Trinajstić information content (AvgIpc) is 3.28. The number of nitrogens with zero attached hydrogens (tertiary/aromatic N) is 5. The van der Waals surface area contributed by atoms with E-state index < -0.39 is 10.0 Å². The van der Waals surface area contributed by atoms with E-state index in [1.807, 2.05) is 18.2 Å². The van der Waals surface area contributed by atoms with Gasteiger partial charge in [-0.05, 0) is 43.9 Å². The molecule has 1 saturated carbocycles. The molecule has 174 valence electrons. The largest absolute Gasteiger partial charge is 0.337 e. The Bertz CT molecular complexity index is 1210. The molecule has 0 atom stereocenters. The van der Waals surface area contributed by atoms with Gasteiger partial charge in [0.15, 0.2) is 5.03 Å². The Morgan fingerprint density at radius 2 is 1.81 bits per heavy atom. The average molecular weight is 458 g/mol. The molecule has 0 amide bonds. The molecule has 32 heavy (non-hydrogen) atoms. The molecule has 0 bridgehead atoms. The Kier molecular flexibility index (Phi) is 5.86. The molecular formula is C24H35N5O2S. The van der Waals surface area contributed by atoms with Gasteiger partial charge in [-0.1, -0.05) is 40.0 Å². The van der Waals surface area contributed by atoms with Crippen molar-refractivity contribution in [1.29, 1.82) is 0 Å². The van der Waals surface area contributed by atoms with Crippen LogP contribution in [0.1, 0.15) is 64.5 Å². The molecular weight excluding hydrogens is 422 g/mol. The standard InChI is InChI=1S/C24H35N5O2S/c1-17-25-22(16-27(17)5)32(30,31)28(6)19-12-13-21-20(14-19)26-23(24(2,3)4)29(21)15-18-10-8-7-9-11-18/h12-14,16,18H,7-11,15H2,1-6H3. The molecule has 4 rings (SSSR count). The van der Waals surface area contributed by atoms with Gasteiger partial charge in [0, 0.05) is 32.3 Å². The van der Waals surface area contributed by atoms with Crippen molar-refractivity contribution in [2.45, 2.75) is 76.8 Å². The van der Waals surface area contributed by atoms with Gasteiger partial charge in [0.2, 0.25) is 0 Å². The number of anilines is 1. The van der Waals surface area contributed by atoms with Gasteiger partial charge < -0.3 is 9.13 Å². The number of benzene rings is 1. The van der Waals surface area contributed by atoms with Crippen molar-refractivity contribution in [2.75, 3.05) is 11.4 Å². The van der Waals surface area contributed by atoms with E-state index >= 15 is 0 Å². The van der Waals surface area contributed by atoms with Crippen LogP contribution in [0.25, 0.3) is 11.0 Å². The highest BCUT2D eigenvalue weighted by Gasteiger charge is 2.28. The Labute approximate surface area is 191 Å². The van der Waals surface area contributed by atoms with E-state index in [-0.39, 0.29) is 10.4 Å². The summed E-state index contributed by atoms with van der Waals surface area (Å²) in [7, 11) is -0.384. The molecule has 1 aliphatic rings. The second kappa shape index (κ2) is 8.21. The smallest absolute Gasteiger partial charge is 0.283 e. The maximum atomic E-state index is 13.2. The number of imidazole rings is 2. The molecule has 0 unspecified atom stereocenters. The first-order valence-electron chi connectivity index (χ1n) is 11.5. The molecule has 8 heteroatoms. The Balaban J connectivity index is 1.73. The van der Waals surface area contributed by atoms with Crippen molar-refractivity contribution in [3.63, 3.8) is 0 Å². The SMILES string of the molecule is Cc1nc(S(=O)(=O)N(C)c2ccc3c(c2)nc(C(C)(C)C)n3CC2CCCCC2)cn1C. The summed E-state index contributed by atoms with van der Waals surface area (Å²) >= 11 is 0. The van der Waals surface area contributed by atoms with Crippen molar-refractivity contribution >= 4 is 26.7 Å². The maximum absolute atomic E-state index is 13.2. The van der Waals surface area contributed by atoms with Crippen molar-refractivity contribution in [1.82, 2.24) is 19.1 Å². The Morgan fingerprint density at radius 3 is 2.41 bits per heavy atom. The second-order valence-electron chi connectivity index (χ2n) is 10.2. The van der Waals surface area contributed by atoms with E-state index in [2.05, 4.69) is 30.3 Å². The summed E-state index contributed by atoms with van der Waals surface area (Å²) in [4.78, 5) is 9.21. The molecule has 0 spiro atoms. The number of rotatable bonds is 5. The molecule has 1 aliphatic carbocycles. The van der Waals surface area contributed by atoms with Crippen molar-refractivity contribution < 1.29 is 8.42 Å². The third-order valence-corrected chi connectivity index (χ3v) is 8.30. The topological polar surface area (TPSA) is 73.0 Å². The lowest BCUT2D eigenvalue weighted by Gasteiger charge is -2.26. The van der Waals surface area contributed by atoms with E-state index in [1.165, 1.54) is 36.4 Å². The number of aromatic nitrogens is 4. The minimum absolute atomic E-state index is 0.0540. The first-order chi connectivity index (χ1) is 15.0. The number of fused-ring (bicyclic) bond motifs is 1. The van der Waals surface area contributed by atoms with Crippen LogP contribution in [0.15, 0.2) is 29.4 Å². The lowest BCUT2D eigenvalue weighted by Crippen LogP contribution is -2.26. The highest BCUT2D eigenvalue weighted by Crippen LogP contribution is 2.33. The number of hydrogen-bond donors (Lipinski definition) is 0. The predicted molar refractivity (Wildman–Crippen MR) is 129 cm³/mol. The molecule has 1 fully saturated rings. The summed E-state index contributed by atoms with van der Waals surface area (Å²) in [5.74, 6) is 2.39. The summed E-state index contributed by atoms with van der Waals surface area (Å²) in [6.07, 6.45) is 8.05. The van der Waals surface area contributed by atoms with Crippen molar-refractivity contribution in [3.05, 3.63) is 36.0 Å². The fourth-order valence-electron chi connectivity index (χ4n) is 4.63. The first kappa shape index (κ1) is 22.8. The third-order valence-electron chi connectivity index (χ3n) is 6.64. The zero-order chi connectivity index (χ0) is 23.3. The summed E-state index contributed by atoms with van der Waals surface area (Å²) in [5.41, 5.74) is 2.40. The van der Waals surface area contributed by atoms with Gasteiger partial charge in [0.1, 0.15) is 11.6 Å². The summed E-state index contributed by atoms with van der Waals surface area (Å²) in [5, 5.41) is 0.0540. The van der Waals surface area contributed by atoms with Crippen LogP contribution in [0, 0.1) is 12.8 Å². The van der Waals surface area contributed by atoms with Crippen LogP contribution >= 0.6 is 0 Å². The van der Waals surface area contributed by atoms with Gasteiger partial charge in [-0.2, -0.15) is 8.42 Å². The zero-order valence-corrected chi connectivity index (χ0v) is 20.9. The maximum Gasteiger partial charge on any atom is 0.283 e. The lowest BCUT2D eigenvalue weighted by molar-refractivity contribution is 0.313. The number of sulfonamides is 1. The van der Waals surface area contributed by atoms with Crippen LogP contribution in [0.2, 0.25) is 0 Å². The van der Waals surface area contributed by atoms with E-state index in [0.29, 0.717) is 17.4 Å². The van der Waals surface area contributed by atoms with E-state index in [9.17, 15) is 8.42 Å². The highest BCUT2D eigenvalue weighted by atomic mass is 32.2. The molecule has 0 radical (unpaired) electrons. The monoisotopic (exact) mass is 457 g/mol. The zero-order valence-electron chi connectivity index (χ0n) is 20.1. The van der Waals surface area contributed by atoms with Gasteiger partial charge in [0.05, 0.1) is 16.7 Å². The summed E-state index contributed by atoms with van der Waals surface area (Å²) in [6, 6.07) is 5.78. The van der Waals surface area contributed by atoms with Gasteiger partial charge in [-0.3, -0.25) is 4.31 Å². The fourth-order valence-corrected chi connectivity index (χ4v) is 5.84. The highest BCUT2D eigenvalue weighted by molar-refractivity contribution is 7.92. The van der Waals surface area contributed by atoms with Crippen molar-refractivity contribution in [3.8, 4) is 0 Å². The van der Waals surface area contributed by atoms with Crippen LogP contribution < -0.4 is 4.31 Å². The minimum Gasteiger partial charge on any atom is -0.337 e. The van der Waals surface area contributed by atoms with Gasteiger partial charge in [-0.15, -0.1) is 0 Å². The van der Waals surface area contributed by atoms with Crippen molar-refractivity contribution in [2.24, 2.45) is 13.0 Å². The molecule has 7 nitrogen and oxygen atoms in total. The molecule has 3 aromatic rings. The molecule has 0 saturated heterocycles. The van der Waals surface area contributed by atoms with Gasteiger partial charge >= 0.3 is 0 Å². The van der Waals surface area contributed by atoms with Crippen LogP contribution in [0.5, 0.6) is 0 Å². The summed E-state index contributed by atoms with van der Waals surface area (Å²) in [6.45, 7) is 9.33. The quantitative estimate of drug-likeness (QED) is 0.553. The first-order valence-corrected chi connectivity index (χ1v) is 12.9. The van der Waals surface area contributed by atoms with Crippen LogP contribution in [0.3, 0.4) is 0 Å². The molecule has 0 N–H and O–H groups in total. The second-order valence-corrected chi connectivity index (χ2v) is 12.1. The van der Waals surface area contributed by atoms with E-state index in [1.54, 1.807) is 31.8 Å². The van der Waals surface area contributed by atoms with E-state index in [4.69, 9.17) is 4.98 Å². The number of hydrogen-bond acceptors (Lipinski definition) is 4. The van der Waals surface area contributed by atoms with Crippen LogP contribution in [0.4, 0.5) is 5.69 Å². The molecule has 1 aromatic carbocycles. The van der Waals surface area contributed by atoms with Gasteiger partial charge in [0.25, 0.3) is 10.0 Å².